The number of rotatable bonds is 9. The lowest BCUT2D eigenvalue weighted by molar-refractivity contribution is 0.0987. The van der Waals surface area contributed by atoms with Gasteiger partial charge in [-0.25, -0.2) is 4.79 Å². The van der Waals surface area contributed by atoms with Crippen molar-refractivity contribution in [2.45, 2.75) is 72.6 Å². The summed E-state index contributed by atoms with van der Waals surface area (Å²) in [6.07, 6.45) is 6.50. The van der Waals surface area contributed by atoms with Gasteiger partial charge in [0, 0.05) is 0 Å². The van der Waals surface area contributed by atoms with Gasteiger partial charge in [0.2, 0.25) is 0 Å². The molecule has 0 spiro atoms. The second kappa shape index (κ2) is 10.3. The van der Waals surface area contributed by atoms with E-state index in [1.807, 2.05) is 13.0 Å². The van der Waals surface area contributed by atoms with Crippen LogP contribution in [-0.2, 0) is 24.0 Å². The Balaban J connectivity index is 3.09. The zero-order chi connectivity index (χ0) is 16.4. The first-order valence-corrected chi connectivity index (χ1v) is 8.65. The summed E-state index contributed by atoms with van der Waals surface area (Å²) in [6.45, 7) is 8.91. The molecule has 3 nitrogen and oxygen atoms in total. The quantitative estimate of drug-likeness (QED) is 0.448. The average molecular weight is 306 g/mol. The van der Waals surface area contributed by atoms with Crippen LogP contribution in [0.1, 0.15) is 70.1 Å². The van der Waals surface area contributed by atoms with Crippen molar-refractivity contribution in [1.29, 1.82) is 0 Å². The van der Waals surface area contributed by atoms with Crippen molar-refractivity contribution in [1.82, 2.24) is 0 Å². The van der Waals surface area contributed by atoms with Crippen LogP contribution in [0.4, 0.5) is 4.79 Å². The molecule has 0 unspecified atom stereocenters. The predicted molar refractivity (Wildman–Crippen MR) is 90.7 cm³/mol. The van der Waals surface area contributed by atoms with Gasteiger partial charge >= 0.3 is 6.16 Å². The number of aryl methyl sites for hydroxylation is 1. The van der Waals surface area contributed by atoms with Crippen molar-refractivity contribution < 1.29 is 14.3 Å². The van der Waals surface area contributed by atoms with E-state index in [-0.39, 0.29) is 0 Å². The maximum atomic E-state index is 11.8. The molecule has 0 amide bonds. The van der Waals surface area contributed by atoms with Gasteiger partial charge in [0.1, 0.15) is 5.75 Å². The summed E-state index contributed by atoms with van der Waals surface area (Å²) in [5.41, 5.74) is 3.94. The Morgan fingerprint density at radius 3 is 2.09 bits per heavy atom. The van der Waals surface area contributed by atoms with Crippen molar-refractivity contribution >= 4 is 6.16 Å². The summed E-state index contributed by atoms with van der Waals surface area (Å²) < 4.78 is 10.5. The van der Waals surface area contributed by atoms with E-state index >= 15 is 0 Å². The third-order valence-electron chi connectivity index (χ3n) is 3.62. The lowest BCUT2D eigenvalue weighted by atomic mass is 9.91. The number of ether oxygens (including phenoxy) is 2. The van der Waals surface area contributed by atoms with E-state index in [1.165, 1.54) is 16.7 Å². The molecule has 0 aromatic heterocycles. The fraction of sp³-hybridized carbons (Fsp3) is 0.632. The number of carbonyl (C=O) groups excluding carboxylic acids is 1. The van der Waals surface area contributed by atoms with Gasteiger partial charge in [-0.05, 0) is 48.4 Å². The van der Waals surface area contributed by atoms with Gasteiger partial charge in [-0.2, -0.15) is 0 Å². The molecule has 124 valence electrons. The number of carbonyl (C=O) groups is 1. The van der Waals surface area contributed by atoms with Crippen molar-refractivity contribution in [3.05, 3.63) is 28.8 Å². The monoisotopic (exact) mass is 306 g/mol. The van der Waals surface area contributed by atoms with Gasteiger partial charge < -0.3 is 9.47 Å². The van der Waals surface area contributed by atoms with Gasteiger partial charge in [-0.15, -0.1) is 0 Å². The first kappa shape index (κ1) is 18.5. The van der Waals surface area contributed by atoms with E-state index in [4.69, 9.17) is 9.47 Å². The highest BCUT2D eigenvalue weighted by molar-refractivity contribution is 5.65. The van der Waals surface area contributed by atoms with Crippen molar-refractivity contribution in [2.24, 2.45) is 0 Å². The molecule has 22 heavy (non-hydrogen) atoms. The van der Waals surface area contributed by atoms with Gasteiger partial charge in [-0.3, -0.25) is 0 Å². The predicted octanol–water partition coefficient (Wildman–Crippen LogP) is 5.47. The van der Waals surface area contributed by atoms with Gasteiger partial charge in [-0.1, -0.05) is 53.0 Å². The molecule has 1 aromatic carbocycles. The van der Waals surface area contributed by atoms with Crippen molar-refractivity contribution in [3.8, 4) is 5.75 Å². The van der Waals surface area contributed by atoms with Crippen LogP contribution in [-0.4, -0.2) is 12.8 Å². The molecule has 3 heteroatoms. The zero-order valence-corrected chi connectivity index (χ0v) is 14.5. The normalized spacial score (nSPS) is 10.5. The maximum absolute atomic E-state index is 11.8. The van der Waals surface area contributed by atoms with Crippen LogP contribution in [0.25, 0.3) is 0 Å². The summed E-state index contributed by atoms with van der Waals surface area (Å²) in [5, 5.41) is 0. The largest absolute Gasteiger partial charge is 0.513 e. The summed E-state index contributed by atoms with van der Waals surface area (Å²) in [6, 6.07) is 4.04. The van der Waals surface area contributed by atoms with Crippen LogP contribution >= 0.6 is 0 Å². The molecule has 0 atom stereocenters. The highest BCUT2D eigenvalue weighted by Gasteiger charge is 2.16. The first-order chi connectivity index (χ1) is 10.7. The van der Waals surface area contributed by atoms with Gasteiger partial charge in [0.05, 0.1) is 6.61 Å². The Morgan fingerprint density at radius 1 is 0.864 bits per heavy atom. The highest BCUT2D eigenvalue weighted by Crippen LogP contribution is 2.29. The summed E-state index contributed by atoms with van der Waals surface area (Å²) in [4.78, 5) is 11.8. The Morgan fingerprint density at radius 2 is 1.50 bits per heavy atom. The first-order valence-electron chi connectivity index (χ1n) is 8.65. The third kappa shape index (κ3) is 5.36. The van der Waals surface area contributed by atoms with E-state index < -0.39 is 6.16 Å². The summed E-state index contributed by atoms with van der Waals surface area (Å²) in [7, 11) is 0. The molecule has 0 aliphatic carbocycles. The van der Waals surface area contributed by atoms with E-state index in [1.54, 1.807) is 0 Å². The minimum absolute atomic E-state index is 0.400. The Labute approximate surface area is 135 Å². The smallest absolute Gasteiger partial charge is 0.434 e. The molecule has 0 saturated carbocycles. The average Bonchev–Trinajstić information content (AvgIpc) is 2.51. The molecule has 0 bridgehead atoms. The molecule has 1 aromatic rings. The van der Waals surface area contributed by atoms with Crippen LogP contribution in [0.2, 0.25) is 0 Å². The summed E-state index contributed by atoms with van der Waals surface area (Å²) >= 11 is 0. The van der Waals surface area contributed by atoms with Crippen LogP contribution < -0.4 is 4.74 Å². The molecule has 0 N–H and O–H groups in total. The zero-order valence-electron chi connectivity index (χ0n) is 14.5. The highest BCUT2D eigenvalue weighted by atomic mass is 16.7. The molecule has 0 aliphatic rings. The summed E-state index contributed by atoms with van der Waals surface area (Å²) in [5.74, 6) is 0.672. The van der Waals surface area contributed by atoms with Crippen LogP contribution in [0.15, 0.2) is 12.1 Å². The van der Waals surface area contributed by atoms with Crippen LogP contribution in [0.5, 0.6) is 5.75 Å². The molecular formula is C19H30O3. The topological polar surface area (TPSA) is 35.5 Å². The minimum atomic E-state index is -0.593. The lowest BCUT2D eigenvalue weighted by Gasteiger charge is -2.18. The van der Waals surface area contributed by atoms with Gasteiger partial charge in [0.15, 0.2) is 0 Å². The van der Waals surface area contributed by atoms with E-state index in [2.05, 4.69) is 26.8 Å². The van der Waals surface area contributed by atoms with Crippen LogP contribution in [0.3, 0.4) is 0 Å². The second-order valence-electron chi connectivity index (χ2n) is 5.63. The van der Waals surface area contributed by atoms with Crippen molar-refractivity contribution in [2.75, 3.05) is 6.61 Å². The van der Waals surface area contributed by atoms with E-state index in [0.29, 0.717) is 12.4 Å². The standard InChI is InChI=1S/C19H30O3/c1-5-9-15-12-13-18(22-19(20)21-14-8-4)17(11-7-3)16(15)10-6-2/h12-13H,5-11,14H2,1-4H3. The Kier molecular flexibility index (Phi) is 8.64. The number of hydrogen-bond acceptors (Lipinski definition) is 3. The SMILES string of the molecule is CCCOC(=O)Oc1ccc(CCC)c(CCC)c1CCC. The number of hydrogen-bond donors (Lipinski definition) is 0. The maximum Gasteiger partial charge on any atom is 0.513 e. The lowest BCUT2D eigenvalue weighted by Crippen LogP contribution is -2.13. The molecular weight excluding hydrogens is 276 g/mol. The molecule has 0 heterocycles. The minimum Gasteiger partial charge on any atom is -0.434 e. The second-order valence-corrected chi connectivity index (χ2v) is 5.63. The Bertz CT molecular complexity index is 466. The third-order valence-corrected chi connectivity index (χ3v) is 3.62. The molecule has 0 radical (unpaired) electrons. The molecule has 0 fully saturated rings. The van der Waals surface area contributed by atoms with Crippen LogP contribution in [0, 0.1) is 0 Å². The van der Waals surface area contributed by atoms with E-state index in [9.17, 15) is 4.79 Å². The van der Waals surface area contributed by atoms with E-state index in [0.717, 1.165) is 44.9 Å². The molecule has 1 rings (SSSR count). The fourth-order valence-corrected chi connectivity index (χ4v) is 2.71. The fourth-order valence-electron chi connectivity index (χ4n) is 2.71. The van der Waals surface area contributed by atoms with Gasteiger partial charge in [0.25, 0.3) is 0 Å². The molecule has 0 aliphatic heterocycles. The molecule has 0 saturated heterocycles. The Hall–Kier alpha value is -1.51. The van der Waals surface area contributed by atoms with Crippen molar-refractivity contribution in [3.63, 3.8) is 0 Å². The number of benzene rings is 1.